The fraction of sp³-hybridized carbons (Fsp3) is 0. The molecule has 104 valence electrons. The average Bonchev–Trinajstić information content (AvgIpc) is 3.32. The highest BCUT2D eigenvalue weighted by molar-refractivity contribution is 7.18. The summed E-state index contributed by atoms with van der Waals surface area (Å²) in [6.07, 6.45) is 7.97. The molecule has 4 heterocycles. The summed E-state index contributed by atoms with van der Waals surface area (Å²) in [6, 6.07) is 16.9. The maximum absolute atomic E-state index is 3.44. The highest BCUT2D eigenvalue weighted by Crippen LogP contribution is 2.05. The Bertz CT molecular complexity index is 638. The van der Waals surface area contributed by atoms with Crippen molar-refractivity contribution in [2.24, 2.45) is 0 Å². The molecule has 0 aromatic carbocycles. The molecule has 4 aromatic heterocycles. The summed E-state index contributed by atoms with van der Waals surface area (Å²) in [6.45, 7) is 0. The summed E-state index contributed by atoms with van der Waals surface area (Å²) in [4.78, 5) is 13.8. The van der Waals surface area contributed by atoms with Crippen LogP contribution in [0.25, 0.3) is 0 Å². The molecule has 4 N–H and O–H groups in total. The van der Waals surface area contributed by atoms with E-state index < -0.39 is 8.07 Å². The summed E-state index contributed by atoms with van der Waals surface area (Å²) in [5.74, 6) is 0. The van der Waals surface area contributed by atoms with Gasteiger partial charge in [-0.05, 0) is 48.5 Å². The summed E-state index contributed by atoms with van der Waals surface area (Å²) in [7, 11) is -2.31. The van der Waals surface area contributed by atoms with Gasteiger partial charge in [-0.25, -0.2) is 0 Å². The standard InChI is InChI=1S/C16H16N4Si/c1-5-13(17-9-1)21(14-6-2-10-18-14,15-7-3-11-19-15)16-8-4-12-20-16/h1-12,17-20H. The molecule has 0 bridgehead atoms. The first-order chi connectivity index (χ1) is 10.4. The van der Waals surface area contributed by atoms with Gasteiger partial charge in [0.05, 0.1) is 0 Å². The van der Waals surface area contributed by atoms with Crippen LogP contribution in [0.3, 0.4) is 0 Å². The van der Waals surface area contributed by atoms with Gasteiger partial charge in [-0.15, -0.1) is 0 Å². The van der Waals surface area contributed by atoms with Gasteiger partial charge in [0.1, 0.15) is 0 Å². The van der Waals surface area contributed by atoms with E-state index in [9.17, 15) is 0 Å². The zero-order chi connectivity index (χ0) is 14.1. The minimum absolute atomic E-state index is 1.25. The van der Waals surface area contributed by atoms with E-state index in [1.54, 1.807) is 0 Å². The van der Waals surface area contributed by atoms with Gasteiger partial charge >= 0.3 is 0 Å². The first kappa shape index (κ1) is 12.1. The first-order valence-corrected chi connectivity index (χ1v) is 8.98. The molecule has 0 aliphatic carbocycles. The number of aromatic amines is 4. The van der Waals surface area contributed by atoms with Gasteiger partial charge in [0.2, 0.25) is 0 Å². The monoisotopic (exact) mass is 292 g/mol. The van der Waals surface area contributed by atoms with Crippen molar-refractivity contribution >= 4 is 29.3 Å². The molecule has 0 amide bonds. The van der Waals surface area contributed by atoms with Crippen molar-refractivity contribution in [1.82, 2.24) is 19.9 Å². The molecule has 5 heteroatoms. The van der Waals surface area contributed by atoms with Crippen molar-refractivity contribution in [2.45, 2.75) is 0 Å². The first-order valence-electron chi connectivity index (χ1n) is 6.98. The smallest absolute Gasteiger partial charge is 0.251 e. The second-order valence-corrected chi connectivity index (χ2v) is 8.74. The van der Waals surface area contributed by atoms with Crippen LogP contribution in [0.1, 0.15) is 0 Å². The molecule has 0 saturated heterocycles. The highest BCUT2D eigenvalue weighted by Gasteiger charge is 2.45. The fourth-order valence-corrected chi connectivity index (χ4v) is 7.45. The van der Waals surface area contributed by atoms with Crippen LogP contribution in [-0.4, -0.2) is 28.0 Å². The van der Waals surface area contributed by atoms with E-state index in [0.717, 1.165) is 0 Å². The van der Waals surface area contributed by atoms with Gasteiger partial charge < -0.3 is 19.9 Å². The van der Waals surface area contributed by atoms with Crippen LogP contribution in [0.2, 0.25) is 0 Å². The Morgan fingerprint density at radius 1 is 0.476 bits per heavy atom. The van der Waals surface area contributed by atoms with Crippen molar-refractivity contribution in [3.05, 3.63) is 73.3 Å². The molecule has 0 saturated carbocycles. The third kappa shape index (κ3) is 1.68. The molecule has 4 rings (SSSR count). The van der Waals surface area contributed by atoms with Crippen LogP contribution in [0, 0.1) is 0 Å². The Morgan fingerprint density at radius 2 is 0.762 bits per heavy atom. The average molecular weight is 292 g/mol. The second-order valence-electron chi connectivity index (χ2n) is 5.09. The lowest BCUT2D eigenvalue weighted by molar-refractivity contribution is 1.38. The third-order valence-electron chi connectivity index (χ3n) is 4.01. The van der Waals surface area contributed by atoms with E-state index in [-0.39, 0.29) is 0 Å². The van der Waals surface area contributed by atoms with Crippen molar-refractivity contribution in [2.75, 3.05) is 0 Å². The Balaban J connectivity index is 2.10. The number of H-pyrrole nitrogens is 4. The summed E-state index contributed by atoms with van der Waals surface area (Å²) >= 11 is 0. The quantitative estimate of drug-likeness (QED) is 0.393. The van der Waals surface area contributed by atoms with Crippen molar-refractivity contribution in [1.29, 1.82) is 0 Å². The summed E-state index contributed by atoms with van der Waals surface area (Å²) in [5.41, 5.74) is 0. The molecule has 0 unspecified atom stereocenters. The van der Waals surface area contributed by atoms with Gasteiger partial charge in [0, 0.05) is 46.1 Å². The Labute approximate surface area is 123 Å². The van der Waals surface area contributed by atoms with Crippen LogP contribution < -0.4 is 21.3 Å². The maximum atomic E-state index is 3.44. The lowest BCUT2D eigenvalue weighted by Gasteiger charge is -2.28. The van der Waals surface area contributed by atoms with E-state index in [1.165, 1.54) is 21.3 Å². The number of hydrogen-bond donors (Lipinski definition) is 4. The summed E-state index contributed by atoms with van der Waals surface area (Å²) in [5, 5.41) is 4.98. The summed E-state index contributed by atoms with van der Waals surface area (Å²) < 4.78 is 0. The van der Waals surface area contributed by atoms with E-state index in [4.69, 9.17) is 0 Å². The van der Waals surface area contributed by atoms with Crippen LogP contribution >= 0.6 is 0 Å². The van der Waals surface area contributed by atoms with E-state index >= 15 is 0 Å². The molecule has 0 aliphatic rings. The molecule has 0 radical (unpaired) electrons. The lowest BCUT2D eigenvalue weighted by Crippen LogP contribution is -2.76. The highest BCUT2D eigenvalue weighted by atomic mass is 28.3. The molecular weight excluding hydrogens is 276 g/mol. The SMILES string of the molecule is c1c[nH]c([Si](c2ccc[nH]2)(c2ccc[nH]2)c2ccc[nH]2)c1. The Kier molecular flexibility index (Phi) is 2.72. The predicted molar refractivity (Wildman–Crippen MR) is 87.5 cm³/mol. The number of nitrogens with one attached hydrogen (secondary N) is 4. The van der Waals surface area contributed by atoms with E-state index in [0.29, 0.717) is 0 Å². The van der Waals surface area contributed by atoms with Gasteiger partial charge in [-0.3, -0.25) is 0 Å². The number of aromatic nitrogens is 4. The topological polar surface area (TPSA) is 63.2 Å². The minimum atomic E-state index is -2.31. The fourth-order valence-electron chi connectivity index (χ4n) is 3.12. The Hall–Kier alpha value is -2.66. The molecule has 21 heavy (non-hydrogen) atoms. The van der Waals surface area contributed by atoms with Crippen molar-refractivity contribution in [3.63, 3.8) is 0 Å². The zero-order valence-corrected chi connectivity index (χ0v) is 12.4. The largest absolute Gasteiger partial charge is 0.367 e. The number of hydrogen-bond acceptors (Lipinski definition) is 0. The normalized spacial score (nSPS) is 11.8. The molecule has 4 aromatic rings. The molecule has 0 fully saturated rings. The van der Waals surface area contributed by atoms with E-state index in [1.807, 2.05) is 24.8 Å². The lowest BCUT2D eigenvalue weighted by atomic mass is 10.7. The molecule has 0 aliphatic heterocycles. The van der Waals surface area contributed by atoms with Crippen LogP contribution in [0.5, 0.6) is 0 Å². The van der Waals surface area contributed by atoms with Crippen LogP contribution in [0.15, 0.2) is 73.3 Å². The molecule has 0 atom stereocenters. The number of rotatable bonds is 4. The molecule has 4 nitrogen and oxygen atoms in total. The van der Waals surface area contributed by atoms with Gasteiger partial charge in [-0.2, -0.15) is 0 Å². The van der Waals surface area contributed by atoms with Crippen molar-refractivity contribution in [3.8, 4) is 0 Å². The minimum Gasteiger partial charge on any atom is -0.367 e. The molecule has 0 spiro atoms. The zero-order valence-electron chi connectivity index (χ0n) is 11.4. The van der Waals surface area contributed by atoms with E-state index in [2.05, 4.69) is 68.5 Å². The second kappa shape index (κ2) is 4.71. The van der Waals surface area contributed by atoms with Gasteiger partial charge in [0.25, 0.3) is 8.07 Å². The predicted octanol–water partition coefficient (Wildman–Crippen LogP) is 0.376. The Morgan fingerprint density at radius 3 is 0.952 bits per heavy atom. The van der Waals surface area contributed by atoms with Crippen molar-refractivity contribution < 1.29 is 0 Å². The van der Waals surface area contributed by atoms with Gasteiger partial charge in [-0.1, -0.05) is 0 Å². The molecular formula is C16H16N4Si. The third-order valence-corrected chi connectivity index (χ3v) is 8.48. The maximum Gasteiger partial charge on any atom is 0.251 e. The van der Waals surface area contributed by atoms with Crippen LogP contribution in [-0.2, 0) is 0 Å². The van der Waals surface area contributed by atoms with Gasteiger partial charge in [0.15, 0.2) is 0 Å². The van der Waals surface area contributed by atoms with Crippen LogP contribution in [0.4, 0.5) is 0 Å².